The SMILES string of the molecule is CC(=O)N(CC(=O)Nc1cccc(C)c1)CC1CCCO1. The smallest absolute Gasteiger partial charge is 0.243 e. The highest BCUT2D eigenvalue weighted by Crippen LogP contribution is 2.14. The van der Waals surface area contributed by atoms with Crippen LogP contribution in [-0.2, 0) is 14.3 Å². The summed E-state index contributed by atoms with van der Waals surface area (Å²) < 4.78 is 5.52. The normalized spacial score (nSPS) is 17.5. The van der Waals surface area contributed by atoms with Gasteiger partial charge >= 0.3 is 0 Å². The van der Waals surface area contributed by atoms with Crippen molar-refractivity contribution in [3.63, 3.8) is 0 Å². The second-order valence-electron chi connectivity index (χ2n) is 5.45. The number of carbonyl (C=O) groups is 2. The molecule has 5 nitrogen and oxygen atoms in total. The molecule has 0 spiro atoms. The predicted molar refractivity (Wildman–Crippen MR) is 81.0 cm³/mol. The summed E-state index contributed by atoms with van der Waals surface area (Å²) in [5, 5.41) is 2.82. The molecule has 1 atom stereocenters. The second kappa shape index (κ2) is 7.22. The number of hydrogen-bond donors (Lipinski definition) is 1. The molecule has 1 aliphatic heterocycles. The van der Waals surface area contributed by atoms with Gasteiger partial charge in [-0.05, 0) is 37.5 Å². The summed E-state index contributed by atoms with van der Waals surface area (Å²) in [6.07, 6.45) is 2.02. The molecule has 0 aliphatic carbocycles. The molecule has 114 valence electrons. The summed E-state index contributed by atoms with van der Waals surface area (Å²) in [5.74, 6) is -0.293. The molecule has 2 rings (SSSR count). The van der Waals surface area contributed by atoms with Gasteiger partial charge in [0.2, 0.25) is 11.8 Å². The van der Waals surface area contributed by atoms with Crippen molar-refractivity contribution in [2.75, 3.05) is 25.0 Å². The topological polar surface area (TPSA) is 58.6 Å². The van der Waals surface area contributed by atoms with Crippen LogP contribution in [0, 0.1) is 6.92 Å². The van der Waals surface area contributed by atoms with Crippen LogP contribution >= 0.6 is 0 Å². The van der Waals surface area contributed by atoms with E-state index in [1.54, 1.807) is 4.90 Å². The zero-order valence-electron chi connectivity index (χ0n) is 12.6. The van der Waals surface area contributed by atoms with E-state index in [-0.39, 0.29) is 24.5 Å². The number of aryl methyl sites for hydroxylation is 1. The molecule has 1 fully saturated rings. The first-order valence-corrected chi connectivity index (χ1v) is 7.28. The molecular weight excluding hydrogens is 268 g/mol. The van der Waals surface area contributed by atoms with Gasteiger partial charge in [-0.2, -0.15) is 0 Å². The van der Waals surface area contributed by atoms with Gasteiger partial charge in [-0.1, -0.05) is 12.1 Å². The number of carbonyl (C=O) groups excluding carboxylic acids is 2. The number of anilines is 1. The molecule has 0 saturated carbocycles. The molecule has 0 aromatic heterocycles. The number of rotatable bonds is 5. The summed E-state index contributed by atoms with van der Waals surface area (Å²) in [6.45, 7) is 4.73. The lowest BCUT2D eigenvalue weighted by Gasteiger charge is -2.23. The monoisotopic (exact) mass is 290 g/mol. The summed E-state index contributed by atoms with van der Waals surface area (Å²) in [7, 11) is 0. The molecule has 5 heteroatoms. The zero-order valence-corrected chi connectivity index (χ0v) is 12.6. The van der Waals surface area contributed by atoms with Crippen LogP contribution in [0.5, 0.6) is 0 Å². The van der Waals surface area contributed by atoms with Crippen molar-refractivity contribution in [3.8, 4) is 0 Å². The van der Waals surface area contributed by atoms with Crippen molar-refractivity contribution in [1.82, 2.24) is 4.90 Å². The van der Waals surface area contributed by atoms with E-state index in [0.29, 0.717) is 6.54 Å². The fourth-order valence-corrected chi connectivity index (χ4v) is 2.44. The molecule has 1 N–H and O–H groups in total. The lowest BCUT2D eigenvalue weighted by Crippen LogP contribution is -2.41. The molecule has 2 amide bonds. The van der Waals surface area contributed by atoms with E-state index in [2.05, 4.69) is 5.32 Å². The van der Waals surface area contributed by atoms with Crippen LogP contribution in [0.2, 0.25) is 0 Å². The molecule has 21 heavy (non-hydrogen) atoms. The van der Waals surface area contributed by atoms with Crippen LogP contribution in [0.1, 0.15) is 25.3 Å². The highest BCUT2D eigenvalue weighted by atomic mass is 16.5. The Balaban J connectivity index is 1.90. The average Bonchev–Trinajstić information content (AvgIpc) is 2.90. The Labute approximate surface area is 125 Å². The number of ether oxygens (including phenoxy) is 1. The number of benzene rings is 1. The molecular formula is C16H22N2O3. The quantitative estimate of drug-likeness (QED) is 0.902. The molecule has 1 saturated heterocycles. The predicted octanol–water partition coefficient (Wildman–Crippen LogP) is 1.96. The van der Waals surface area contributed by atoms with E-state index < -0.39 is 0 Å². The van der Waals surface area contributed by atoms with Crippen molar-refractivity contribution in [1.29, 1.82) is 0 Å². The first kappa shape index (κ1) is 15.5. The van der Waals surface area contributed by atoms with Crippen LogP contribution in [0.15, 0.2) is 24.3 Å². The van der Waals surface area contributed by atoms with E-state index in [0.717, 1.165) is 30.7 Å². The summed E-state index contributed by atoms with van der Waals surface area (Å²) in [6, 6.07) is 7.59. The lowest BCUT2D eigenvalue weighted by molar-refractivity contribution is -0.134. The van der Waals surface area contributed by atoms with Crippen molar-refractivity contribution in [2.45, 2.75) is 32.8 Å². The maximum Gasteiger partial charge on any atom is 0.243 e. The number of nitrogens with one attached hydrogen (secondary N) is 1. The van der Waals surface area contributed by atoms with Crippen molar-refractivity contribution in [3.05, 3.63) is 29.8 Å². The van der Waals surface area contributed by atoms with E-state index >= 15 is 0 Å². The van der Waals surface area contributed by atoms with E-state index in [1.165, 1.54) is 6.92 Å². The Kier molecular flexibility index (Phi) is 5.33. The molecule has 1 aromatic rings. The highest BCUT2D eigenvalue weighted by molar-refractivity contribution is 5.94. The Hall–Kier alpha value is -1.88. The van der Waals surface area contributed by atoms with Gasteiger partial charge in [0.15, 0.2) is 0 Å². The van der Waals surface area contributed by atoms with Gasteiger partial charge in [0.25, 0.3) is 0 Å². The molecule has 1 aromatic carbocycles. The van der Waals surface area contributed by atoms with Gasteiger partial charge in [0.05, 0.1) is 12.6 Å². The Bertz CT molecular complexity index is 510. The van der Waals surface area contributed by atoms with Crippen molar-refractivity contribution in [2.24, 2.45) is 0 Å². The van der Waals surface area contributed by atoms with Crippen LogP contribution in [0.25, 0.3) is 0 Å². The minimum Gasteiger partial charge on any atom is -0.376 e. The van der Waals surface area contributed by atoms with E-state index in [1.807, 2.05) is 31.2 Å². The van der Waals surface area contributed by atoms with Crippen molar-refractivity contribution >= 4 is 17.5 Å². The third kappa shape index (κ3) is 4.86. The van der Waals surface area contributed by atoms with E-state index in [9.17, 15) is 9.59 Å². The molecule has 0 bridgehead atoms. The van der Waals surface area contributed by atoms with Gasteiger partial charge in [-0.3, -0.25) is 9.59 Å². The Morgan fingerprint density at radius 3 is 2.86 bits per heavy atom. The molecule has 1 heterocycles. The minimum atomic E-state index is -0.186. The first-order chi connectivity index (χ1) is 10.0. The maximum absolute atomic E-state index is 12.1. The van der Waals surface area contributed by atoms with Gasteiger partial charge < -0.3 is 15.0 Å². The molecule has 1 aliphatic rings. The summed E-state index contributed by atoms with van der Waals surface area (Å²) in [5.41, 5.74) is 1.83. The first-order valence-electron chi connectivity index (χ1n) is 7.28. The second-order valence-corrected chi connectivity index (χ2v) is 5.45. The van der Waals surface area contributed by atoms with Gasteiger partial charge in [0, 0.05) is 25.8 Å². The fraction of sp³-hybridized carbons (Fsp3) is 0.500. The summed E-state index contributed by atoms with van der Waals surface area (Å²) >= 11 is 0. The van der Waals surface area contributed by atoms with Crippen molar-refractivity contribution < 1.29 is 14.3 Å². The Morgan fingerprint density at radius 1 is 1.43 bits per heavy atom. The van der Waals surface area contributed by atoms with Crippen LogP contribution in [0.4, 0.5) is 5.69 Å². The Morgan fingerprint density at radius 2 is 2.24 bits per heavy atom. The minimum absolute atomic E-state index is 0.0562. The van der Waals surface area contributed by atoms with Crippen LogP contribution in [0.3, 0.4) is 0 Å². The molecule has 0 radical (unpaired) electrons. The number of hydrogen-bond acceptors (Lipinski definition) is 3. The highest BCUT2D eigenvalue weighted by Gasteiger charge is 2.22. The van der Waals surface area contributed by atoms with E-state index in [4.69, 9.17) is 4.74 Å². The largest absolute Gasteiger partial charge is 0.376 e. The molecule has 1 unspecified atom stereocenters. The lowest BCUT2D eigenvalue weighted by atomic mass is 10.2. The maximum atomic E-state index is 12.1. The number of nitrogens with zero attached hydrogens (tertiary/aromatic N) is 1. The zero-order chi connectivity index (χ0) is 15.2. The van der Waals surface area contributed by atoms with Gasteiger partial charge in [-0.25, -0.2) is 0 Å². The van der Waals surface area contributed by atoms with Crippen LogP contribution < -0.4 is 5.32 Å². The van der Waals surface area contributed by atoms with Gasteiger partial charge in [0.1, 0.15) is 0 Å². The van der Waals surface area contributed by atoms with Crippen LogP contribution in [-0.4, -0.2) is 42.5 Å². The summed E-state index contributed by atoms with van der Waals surface area (Å²) in [4.78, 5) is 25.3. The van der Waals surface area contributed by atoms with Gasteiger partial charge in [-0.15, -0.1) is 0 Å². The number of amides is 2. The standard InChI is InChI=1S/C16H22N2O3/c1-12-5-3-6-14(9-12)17-16(20)11-18(13(2)19)10-15-7-4-8-21-15/h3,5-6,9,15H,4,7-8,10-11H2,1-2H3,(H,17,20). The third-order valence-corrected chi connectivity index (χ3v) is 3.53. The fourth-order valence-electron chi connectivity index (χ4n) is 2.44. The average molecular weight is 290 g/mol. The third-order valence-electron chi connectivity index (χ3n) is 3.53.